The van der Waals surface area contributed by atoms with E-state index >= 15 is 0 Å². The number of carbonyl (C=O) groups excluding carboxylic acids is 2. The smallest absolute Gasteiger partial charge is 0.255 e. The topological polar surface area (TPSA) is 72.2 Å². The molecule has 5 heteroatoms. The number of anilines is 1. The molecule has 0 aliphatic rings. The first kappa shape index (κ1) is 25.4. The summed E-state index contributed by atoms with van der Waals surface area (Å²) < 4.78 is 0. The second kappa shape index (κ2) is 13.5. The first-order valence-electron chi connectivity index (χ1n) is 10.4. The molecule has 0 saturated heterocycles. The van der Waals surface area contributed by atoms with Crippen LogP contribution in [0.25, 0.3) is 0 Å². The van der Waals surface area contributed by atoms with Gasteiger partial charge >= 0.3 is 0 Å². The highest BCUT2D eigenvalue weighted by Crippen LogP contribution is 2.10. The Bertz CT molecular complexity index is 1110. The monoisotopic (exact) mass is 458 g/mol. The molecule has 0 aliphatic carbocycles. The van der Waals surface area contributed by atoms with E-state index < -0.39 is 0 Å². The zero-order valence-electron chi connectivity index (χ0n) is 18.7. The molecule has 0 aliphatic heterocycles. The predicted octanol–water partition coefficient (Wildman–Crippen LogP) is 6.68. The Labute approximate surface area is 200 Å². The highest BCUT2D eigenvalue weighted by Gasteiger charge is 2.04. The Hall–Kier alpha value is -3.89. The van der Waals surface area contributed by atoms with Gasteiger partial charge in [-0.15, -0.1) is 0 Å². The lowest BCUT2D eigenvalue weighted by atomic mass is 10.2. The van der Waals surface area contributed by atoms with Crippen LogP contribution in [0.15, 0.2) is 109 Å². The number of amides is 2. The number of hydrogen-bond acceptors (Lipinski definition) is 2. The summed E-state index contributed by atoms with van der Waals surface area (Å²) >= 11 is 5.61. The van der Waals surface area contributed by atoms with Crippen LogP contribution in [0.3, 0.4) is 0 Å². The van der Waals surface area contributed by atoms with E-state index in [1.165, 1.54) is 11.1 Å². The van der Waals surface area contributed by atoms with Crippen LogP contribution in [0.4, 0.5) is 5.69 Å². The predicted molar refractivity (Wildman–Crippen MR) is 137 cm³/mol. The van der Waals surface area contributed by atoms with Crippen molar-refractivity contribution in [3.8, 4) is 0 Å². The fourth-order valence-corrected chi connectivity index (χ4v) is 2.69. The number of halogens is 1. The average Bonchev–Trinajstić information content (AvgIpc) is 2.84. The number of hydrogen-bond donors (Lipinski definition) is 2. The van der Waals surface area contributed by atoms with Crippen molar-refractivity contribution in [2.24, 2.45) is 5.73 Å². The van der Waals surface area contributed by atoms with Gasteiger partial charge in [0.15, 0.2) is 0 Å². The summed E-state index contributed by atoms with van der Waals surface area (Å²) in [5.41, 5.74) is 9.44. The third-order valence-electron chi connectivity index (χ3n) is 4.41. The maximum absolute atomic E-state index is 11.8. The molecule has 0 fully saturated rings. The standard InChI is InChI=1S/C14H13NO.C7H7Cl.C7H7NO/c1-11-7-9-13(10-8-11)15-14(16)12-5-3-2-4-6-12;1-6-2-4-7(8)5-3-6;8-7(9)6-4-2-1-3-5-6/h2-10H,1H3,(H,15,16);2-5H,1H3;1-5H,(H2,8,9). The Balaban J connectivity index is 0.000000192. The van der Waals surface area contributed by atoms with Gasteiger partial charge in [-0.2, -0.15) is 0 Å². The van der Waals surface area contributed by atoms with Crippen LogP contribution in [-0.2, 0) is 0 Å². The molecule has 0 saturated carbocycles. The molecule has 0 heterocycles. The van der Waals surface area contributed by atoms with Crippen LogP contribution in [0.2, 0.25) is 5.02 Å². The summed E-state index contributed by atoms with van der Waals surface area (Å²) in [6.45, 7) is 4.05. The highest BCUT2D eigenvalue weighted by atomic mass is 35.5. The van der Waals surface area contributed by atoms with Crippen LogP contribution in [0, 0.1) is 13.8 Å². The van der Waals surface area contributed by atoms with Gasteiger partial charge in [-0.05, 0) is 62.4 Å². The molecule has 4 rings (SSSR count). The van der Waals surface area contributed by atoms with Crippen LogP contribution >= 0.6 is 11.6 Å². The lowest BCUT2D eigenvalue weighted by Gasteiger charge is -2.05. The maximum atomic E-state index is 11.8. The molecule has 168 valence electrons. The van der Waals surface area contributed by atoms with Gasteiger partial charge < -0.3 is 11.1 Å². The largest absolute Gasteiger partial charge is 0.366 e. The highest BCUT2D eigenvalue weighted by molar-refractivity contribution is 6.30. The fraction of sp³-hybridized carbons (Fsp3) is 0.0714. The van der Waals surface area contributed by atoms with Crippen LogP contribution in [0.1, 0.15) is 31.8 Å². The molecule has 3 N–H and O–H groups in total. The van der Waals surface area contributed by atoms with Gasteiger partial charge in [0.1, 0.15) is 0 Å². The van der Waals surface area contributed by atoms with Gasteiger partial charge in [-0.25, -0.2) is 0 Å². The van der Waals surface area contributed by atoms with Gasteiger partial charge in [0.05, 0.1) is 0 Å². The number of aryl methyl sites for hydroxylation is 2. The lowest BCUT2D eigenvalue weighted by molar-refractivity contribution is 0.0997. The molecule has 0 spiro atoms. The van der Waals surface area contributed by atoms with Crippen molar-refractivity contribution in [1.29, 1.82) is 0 Å². The van der Waals surface area contributed by atoms with E-state index in [9.17, 15) is 9.59 Å². The second-order valence-corrected chi connectivity index (χ2v) is 7.65. The summed E-state index contributed by atoms with van der Waals surface area (Å²) in [6, 6.07) is 33.4. The summed E-state index contributed by atoms with van der Waals surface area (Å²) in [5, 5.41) is 3.65. The SMILES string of the molecule is Cc1ccc(Cl)cc1.Cc1ccc(NC(=O)c2ccccc2)cc1.NC(=O)c1ccccc1. The molecule has 2 amide bonds. The third-order valence-corrected chi connectivity index (χ3v) is 4.67. The quantitative estimate of drug-likeness (QED) is 0.359. The number of nitrogens with two attached hydrogens (primary N) is 1. The van der Waals surface area contributed by atoms with Crippen molar-refractivity contribution in [2.75, 3.05) is 5.32 Å². The Kier molecular flexibility index (Phi) is 10.4. The van der Waals surface area contributed by atoms with E-state index in [0.717, 1.165) is 10.7 Å². The minimum absolute atomic E-state index is 0.0792. The van der Waals surface area contributed by atoms with Gasteiger partial charge in [0.2, 0.25) is 5.91 Å². The number of primary amides is 1. The maximum Gasteiger partial charge on any atom is 0.255 e. The van der Waals surface area contributed by atoms with Gasteiger partial charge in [-0.1, -0.05) is 83.4 Å². The van der Waals surface area contributed by atoms with Crippen molar-refractivity contribution < 1.29 is 9.59 Å². The Morgan fingerprint density at radius 2 is 1.06 bits per heavy atom. The van der Waals surface area contributed by atoms with E-state index in [-0.39, 0.29) is 11.8 Å². The van der Waals surface area contributed by atoms with Gasteiger partial charge in [0.25, 0.3) is 5.91 Å². The average molecular weight is 459 g/mol. The van der Waals surface area contributed by atoms with Crippen molar-refractivity contribution in [2.45, 2.75) is 13.8 Å². The Morgan fingerprint density at radius 1 is 0.636 bits per heavy atom. The van der Waals surface area contributed by atoms with Crippen molar-refractivity contribution in [1.82, 2.24) is 0 Å². The molecule has 4 aromatic rings. The summed E-state index contributed by atoms with van der Waals surface area (Å²) in [4.78, 5) is 22.2. The molecule has 0 bridgehead atoms. The van der Waals surface area contributed by atoms with Gasteiger partial charge in [-0.3, -0.25) is 9.59 Å². The van der Waals surface area contributed by atoms with Crippen molar-refractivity contribution >= 4 is 29.1 Å². The molecule has 0 aromatic heterocycles. The number of carbonyl (C=O) groups is 2. The summed E-state index contributed by atoms with van der Waals surface area (Å²) in [7, 11) is 0. The second-order valence-electron chi connectivity index (χ2n) is 7.21. The molecule has 0 atom stereocenters. The number of nitrogens with one attached hydrogen (secondary N) is 1. The van der Waals surface area contributed by atoms with Crippen LogP contribution in [0.5, 0.6) is 0 Å². The van der Waals surface area contributed by atoms with Crippen molar-refractivity contribution in [3.05, 3.63) is 136 Å². The molecule has 4 aromatic carbocycles. The Morgan fingerprint density at radius 3 is 1.45 bits per heavy atom. The molecule has 4 nitrogen and oxygen atoms in total. The van der Waals surface area contributed by atoms with E-state index in [0.29, 0.717) is 11.1 Å². The van der Waals surface area contributed by atoms with E-state index in [4.69, 9.17) is 17.3 Å². The van der Waals surface area contributed by atoms with Crippen LogP contribution in [-0.4, -0.2) is 11.8 Å². The zero-order valence-corrected chi connectivity index (χ0v) is 19.4. The van der Waals surface area contributed by atoms with Crippen LogP contribution < -0.4 is 11.1 Å². The van der Waals surface area contributed by atoms with E-state index in [2.05, 4.69) is 5.32 Å². The minimum atomic E-state index is -0.379. The molecule has 33 heavy (non-hydrogen) atoms. The zero-order chi connectivity index (χ0) is 24.1. The summed E-state index contributed by atoms with van der Waals surface area (Å²) in [5.74, 6) is -0.458. The number of benzene rings is 4. The summed E-state index contributed by atoms with van der Waals surface area (Å²) in [6.07, 6.45) is 0. The first-order chi connectivity index (χ1) is 15.8. The molecular formula is C28H27ClN2O2. The number of rotatable bonds is 3. The molecule has 0 unspecified atom stereocenters. The third kappa shape index (κ3) is 9.85. The minimum Gasteiger partial charge on any atom is -0.366 e. The van der Waals surface area contributed by atoms with E-state index in [1.807, 2.05) is 86.6 Å². The van der Waals surface area contributed by atoms with Crippen molar-refractivity contribution in [3.63, 3.8) is 0 Å². The fourth-order valence-electron chi connectivity index (χ4n) is 2.57. The molecular weight excluding hydrogens is 432 g/mol. The first-order valence-corrected chi connectivity index (χ1v) is 10.7. The van der Waals surface area contributed by atoms with Gasteiger partial charge in [0, 0.05) is 21.8 Å². The lowest BCUT2D eigenvalue weighted by Crippen LogP contribution is -2.11. The van der Waals surface area contributed by atoms with E-state index in [1.54, 1.807) is 36.4 Å². The molecule has 0 radical (unpaired) electrons. The normalized spacial score (nSPS) is 9.42.